The van der Waals surface area contributed by atoms with Crippen molar-refractivity contribution in [2.24, 2.45) is 0 Å². The molecule has 1 unspecified atom stereocenters. The third kappa shape index (κ3) is 3.63. The number of aryl methyl sites for hydroxylation is 1. The lowest BCUT2D eigenvalue weighted by atomic mass is 10.1. The molecular formula is C19H18N2O3. The minimum Gasteiger partial charge on any atom is -0.479 e. The fourth-order valence-electron chi connectivity index (χ4n) is 2.42. The van der Waals surface area contributed by atoms with Gasteiger partial charge in [-0.3, -0.25) is 9.59 Å². The molecule has 1 atom stereocenters. The summed E-state index contributed by atoms with van der Waals surface area (Å²) in [7, 11) is 0. The fraction of sp³-hybridized carbons (Fsp3) is 0.158. The van der Waals surface area contributed by atoms with Crippen LogP contribution in [0.25, 0.3) is 6.08 Å². The second kappa shape index (κ2) is 6.58. The Morgan fingerprint density at radius 3 is 2.88 bits per heavy atom. The number of carbonyl (C=O) groups is 2. The zero-order chi connectivity index (χ0) is 17.1. The van der Waals surface area contributed by atoms with Gasteiger partial charge in [0, 0.05) is 11.8 Å². The highest BCUT2D eigenvalue weighted by Gasteiger charge is 2.23. The first-order chi connectivity index (χ1) is 11.5. The number of carbonyl (C=O) groups excluding carboxylic acids is 2. The first-order valence-electron chi connectivity index (χ1n) is 7.68. The van der Waals surface area contributed by atoms with E-state index in [0.717, 1.165) is 11.1 Å². The molecule has 1 aliphatic rings. The van der Waals surface area contributed by atoms with Gasteiger partial charge in [-0.1, -0.05) is 29.8 Å². The van der Waals surface area contributed by atoms with E-state index in [1.54, 1.807) is 31.2 Å². The summed E-state index contributed by atoms with van der Waals surface area (Å²) in [6.45, 7) is 3.69. The summed E-state index contributed by atoms with van der Waals surface area (Å²) in [5.41, 5.74) is 3.24. The van der Waals surface area contributed by atoms with Crippen LogP contribution in [0.3, 0.4) is 0 Å². The van der Waals surface area contributed by atoms with Gasteiger partial charge >= 0.3 is 0 Å². The van der Waals surface area contributed by atoms with Crippen LogP contribution in [0.2, 0.25) is 0 Å². The molecule has 0 radical (unpaired) electrons. The monoisotopic (exact) mass is 322 g/mol. The van der Waals surface area contributed by atoms with Crippen LogP contribution in [-0.4, -0.2) is 17.9 Å². The van der Waals surface area contributed by atoms with Crippen LogP contribution in [0.4, 0.5) is 11.4 Å². The molecule has 24 heavy (non-hydrogen) atoms. The van der Waals surface area contributed by atoms with E-state index >= 15 is 0 Å². The summed E-state index contributed by atoms with van der Waals surface area (Å²) < 4.78 is 5.48. The predicted octanol–water partition coefficient (Wildman–Crippen LogP) is 3.37. The number of benzene rings is 2. The molecule has 1 heterocycles. The van der Waals surface area contributed by atoms with Crippen molar-refractivity contribution in [3.05, 3.63) is 59.7 Å². The topological polar surface area (TPSA) is 67.4 Å². The average molecular weight is 322 g/mol. The maximum atomic E-state index is 12.0. The summed E-state index contributed by atoms with van der Waals surface area (Å²) in [6.07, 6.45) is 2.72. The van der Waals surface area contributed by atoms with Crippen LogP contribution in [0.5, 0.6) is 5.75 Å². The maximum Gasteiger partial charge on any atom is 0.265 e. The lowest BCUT2D eigenvalue weighted by Gasteiger charge is -2.23. The van der Waals surface area contributed by atoms with Gasteiger partial charge < -0.3 is 15.4 Å². The molecule has 2 amide bonds. The van der Waals surface area contributed by atoms with Crippen molar-refractivity contribution in [1.29, 1.82) is 0 Å². The van der Waals surface area contributed by atoms with Gasteiger partial charge in [0.1, 0.15) is 5.75 Å². The second-order valence-electron chi connectivity index (χ2n) is 5.70. The minimum absolute atomic E-state index is 0.203. The van der Waals surface area contributed by atoms with Crippen LogP contribution < -0.4 is 15.4 Å². The van der Waals surface area contributed by atoms with Crippen LogP contribution in [-0.2, 0) is 9.59 Å². The Morgan fingerprint density at radius 1 is 1.25 bits per heavy atom. The maximum absolute atomic E-state index is 12.0. The Bertz CT molecular complexity index is 827. The lowest BCUT2D eigenvalue weighted by Crippen LogP contribution is -2.34. The number of amides is 2. The Labute approximate surface area is 140 Å². The van der Waals surface area contributed by atoms with Crippen molar-refractivity contribution in [3.63, 3.8) is 0 Å². The first-order valence-corrected chi connectivity index (χ1v) is 7.68. The largest absolute Gasteiger partial charge is 0.479 e. The van der Waals surface area contributed by atoms with Crippen LogP contribution >= 0.6 is 0 Å². The van der Waals surface area contributed by atoms with Crippen molar-refractivity contribution in [2.45, 2.75) is 20.0 Å². The Morgan fingerprint density at radius 2 is 2.08 bits per heavy atom. The van der Waals surface area contributed by atoms with Gasteiger partial charge in [0.15, 0.2) is 6.10 Å². The normalized spacial score (nSPS) is 16.2. The van der Waals surface area contributed by atoms with Gasteiger partial charge in [-0.2, -0.15) is 0 Å². The molecule has 0 bridgehead atoms. The zero-order valence-electron chi connectivity index (χ0n) is 13.5. The van der Waals surface area contributed by atoms with Gasteiger partial charge in [-0.15, -0.1) is 0 Å². The summed E-state index contributed by atoms with van der Waals surface area (Å²) in [6, 6.07) is 13.0. The molecule has 5 heteroatoms. The molecule has 3 rings (SSSR count). The van der Waals surface area contributed by atoms with Crippen molar-refractivity contribution in [2.75, 3.05) is 10.6 Å². The Balaban J connectivity index is 1.69. The molecule has 5 nitrogen and oxygen atoms in total. The third-order valence-electron chi connectivity index (χ3n) is 3.65. The molecule has 0 saturated heterocycles. The molecule has 0 aromatic heterocycles. The van der Waals surface area contributed by atoms with E-state index in [4.69, 9.17) is 4.74 Å². The van der Waals surface area contributed by atoms with Crippen LogP contribution in [0, 0.1) is 6.92 Å². The number of fused-ring (bicyclic) bond motifs is 1. The summed E-state index contributed by atoms with van der Waals surface area (Å²) in [5, 5.41) is 5.52. The summed E-state index contributed by atoms with van der Waals surface area (Å²) in [4.78, 5) is 23.7. The second-order valence-corrected chi connectivity index (χ2v) is 5.70. The summed E-state index contributed by atoms with van der Waals surface area (Å²) in [5.74, 6) is 0.147. The number of nitrogens with one attached hydrogen (secondary N) is 2. The van der Waals surface area contributed by atoms with Crippen LogP contribution in [0.1, 0.15) is 18.1 Å². The number of rotatable bonds is 3. The Hall–Kier alpha value is -3.08. The van der Waals surface area contributed by atoms with Gasteiger partial charge in [0.05, 0.1) is 5.69 Å². The number of hydrogen-bond donors (Lipinski definition) is 2. The van der Waals surface area contributed by atoms with E-state index < -0.39 is 6.10 Å². The summed E-state index contributed by atoms with van der Waals surface area (Å²) >= 11 is 0. The molecule has 0 fully saturated rings. The molecule has 2 N–H and O–H groups in total. The van der Waals surface area contributed by atoms with E-state index in [-0.39, 0.29) is 11.8 Å². The number of ether oxygens (including phenoxy) is 1. The minimum atomic E-state index is -0.518. The standard InChI is InChI=1S/C19H18N2O3/c1-12-4-3-5-14(10-12)6-9-18(22)20-15-7-8-17-16(11-15)21-19(23)13(2)24-17/h3-11,13H,1-2H3,(H,20,22)(H,21,23)/b9-6+. The van der Waals surface area contributed by atoms with Crippen molar-refractivity contribution < 1.29 is 14.3 Å². The number of anilines is 2. The molecule has 122 valence electrons. The van der Waals surface area contributed by atoms with E-state index in [9.17, 15) is 9.59 Å². The SMILES string of the molecule is Cc1cccc(/C=C/C(=O)Nc2ccc3c(c2)NC(=O)C(C)O3)c1. The van der Waals surface area contributed by atoms with E-state index in [0.29, 0.717) is 17.1 Å². The third-order valence-corrected chi connectivity index (χ3v) is 3.65. The van der Waals surface area contributed by atoms with Gasteiger partial charge in [-0.25, -0.2) is 0 Å². The van der Waals surface area contributed by atoms with Crippen molar-refractivity contribution >= 4 is 29.3 Å². The molecule has 1 aliphatic heterocycles. The van der Waals surface area contributed by atoms with E-state index in [2.05, 4.69) is 10.6 Å². The van der Waals surface area contributed by atoms with Gasteiger partial charge in [0.25, 0.3) is 5.91 Å². The zero-order valence-corrected chi connectivity index (χ0v) is 13.5. The van der Waals surface area contributed by atoms with Crippen molar-refractivity contribution in [1.82, 2.24) is 0 Å². The smallest absolute Gasteiger partial charge is 0.265 e. The first kappa shape index (κ1) is 15.8. The van der Waals surface area contributed by atoms with E-state index in [1.807, 2.05) is 31.2 Å². The highest BCUT2D eigenvalue weighted by Crippen LogP contribution is 2.32. The van der Waals surface area contributed by atoms with Gasteiger partial charge in [-0.05, 0) is 43.7 Å². The van der Waals surface area contributed by atoms with Gasteiger partial charge in [0.2, 0.25) is 5.91 Å². The fourth-order valence-corrected chi connectivity index (χ4v) is 2.42. The highest BCUT2D eigenvalue weighted by atomic mass is 16.5. The average Bonchev–Trinajstić information content (AvgIpc) is 2.54. The predicted molar refractivity (Wildman–Crippen MR) is 94.0 cm³/mol. The quantitative estimate of drug-likeness (QED) is 0.851. The highest BCUT2D eigenvalue weighted by molar-refractivity contribution is 6.03. The lowest BCUT2D eigenvalue weighted by molar-refractivity contribution is -0.122. The molecule has 0 spiro atoms. The number of hydrogen-bond acceptors (Lipinski definition) is 3. The molecule has 0 aliphatic carbocycles. The van der Waals surface area contributed by atoms with Crippen LogP contribution in [0.15, 0.2) is 48.5 Å². The molecular weight excluding hydrogens is 304 g/mol. The molecule has 0 saturated carbocycles. The Kier molecular flexibility index (Phi) is 4.33. The van der Waals surface area contributed by atoms with E-state index in [1.165, 1.54) is 6.08 Å². The molecule has 2 aromatic carbocycles. The van der Waals surface area contributed by atoms with Crippen molar-refractivity contribution in [3.8, 4) is 5.75 Å². The molecule has 2 aromatic rings.